The second kappa shape index (κ2) is 16.0. The van der Waals surface area contributed by atoms with Gasteiger partial charge in [-0.05, 0) is 76.8 Å². The molecular weight excluding hydrogens is 596 g/mol. The van der Waals surface area contributed by atoms with Gasteiger partial charge in [-0.1, -0.05) is 110 Å². The maximum absolute atomic E-state index is 14.5. The highest BCUT2D eigenvalue weighted by Crippen LogP contribution is 2.34. The first-order chi connectivity index (χ1) is 23.5. The van der Waals surface area contributed by atoms with Gasteiger partial charge in [-0.2, -0.15) is 0 Å². The Morgan fingerprint density at radius 1 is 0.708 bits per heavy atom. The molecule has 1 aliphatic carbocycles. The van der Waals surface area contributed by atoms with E-state index in [-0.39, 0.29) is 11.9 Å². The molecule has 246 valence electrons. The Bertz CT molecular complexity index is 1820. The molecule has 48 heavy (non-hydrogen) atoms. The van der Waals surface area contributed by atoms with E-state index in [1.807, 2.05) is 114 Å². The molecule has 0 radical (unpaired) electrons. The molecule has 0 aromatic heterocycles. The van der Waals surface area contributed by atoms with Crippen molar-refractivity contribution < 1.29 is 14.3 Å². The fourth-order valence-electron chi connectivity index (χ4n) is 6.66. The fraction of sp³-hybridized carbons (Fsp3) is 0.268. The number of carbonyl (C=O) groups is 1. The van der Waals surface area contributed by atoms with Crippen LogP contribution in [0.15, 0.2) is 126 Å². The summed E-state index contributed by atoms with van der Waals surface area (Å²) in [5.41, 5.74) is 15.1. The van der Waals surface area contributed by atoms with Crippen molar-refractivity contribution in [2.24, 2.45) is 28.3 Å². The van der Waals surface area contributed by atoms with Gasteiger partial charge in [0.2, 0.25) is 0 Å². The zero-order valence-corrected chi connectivity index (χ0v) is 27.3. The standard InChI is InChI=1S/C41H44N4O3/c42-41(43)44-25-32-15-9-16-33(23-32)26-45(40(46)37-20-10-18-35-17-7-8-19-36(35)37)27-34-21-22-38(47-28-30-11-3-1-4-12-30)39(24-34)48-29-31-13-5-2-6-14-31/h1-8,10-14,17-22,24,32-33H,9,15-16,23,25-29H2,(H4,42,43,44). The highest BCUT2D eigenvalue weighted by Gasteiger charge is 2.27. The van der Waals surface area contributed by atoms with Crippen molar-refractivity contribution in [3.63, 3.8) is 0 Å². The smallest absolute Gasteiger partial charge is 0.254 e. The minimum absolute atomic E-state index is 0.0225. The lowest BCUT2D eigenvalue weighted by Gasteiger charge is -2.33. The summed E-state index contributed by atoms with van der Waals surface area (Å²) in [7, 11) is 0. The number of hydrogen-bond acceptors (Lipinski definition) is 4. The topological polar surface area (TPSA) is 103 Å². The molecule has 4 N–H and O–H groups in total. The van der Waals surface area contributed by atoms with E-state index in [9.17, 15) is 4.79 Å². The molecule has 1 fully saturated rings. The monoisotopic (exact) mass is 640 g/mol. The molecule has 1 amide bonds. The Balaban J connectivity index is 1.28. The molecule has 1 saturated carbocycles. The maximum atomic E-state index is 14.5. The molecule has 1 aliphatic rings. The minimum atomic E-state index is 0.0225. The number of rotatable bonds is 13. The van der Waals surface area contributed by atoms with E-state index in [4.69, 9.17) is 20.9 Å². The second-order valence-corrected chi connectivity index (χ2v) is 12.7. The summed E-state index contributed by atoms with van der Waals surface area (Å²) >= 11 is 0. The summed E-state index contributed by atoms with van der Waals surface area (Å²) in [4.78, 5) is 20.8. The van der Waals surface area contributed by atoms with Gasteiger partial charge in [-0.15, -0.1) is 0 Å². The Morgan fingerprint density at radius 2 is 1.35 bits per heavy atom. The van der Waals surface area contributed by atoms with Crippen molar-refractivity contribution >= 4 is 22.6 Å². The molecule has 0 aliphatic heterocycles. The van der Waals surface area contributed by atoms with Gasteiger partial charge in [0.1, 0.15) is 13.2 Å². The van der Waals surface area contributed by atoms with E-state index in [1.54, 1.807) is 0 Å². The van der Waals surface area contributed by atoms with Gasteiger partial charge in [0, 0.05) is 25.2 Å². The number of nitrogens with zero attached hydrogens (tertiary/aromatic N) is 2. The third-order valence-corrected chi connectivity index (χ3v) is 9.07. The average Bonchev–Trinajstić information content (AvgIpc) is 3.13. The number of ether oxygens (including phenoxy) is 2. The van der Waals surface area contributed by atoms with Crippen LogP contribution in [0.3, 0.4) is 0 Å². The number of carbonyl (C=O) groups excluding carboxylic acids is 1. The quantitative estimate of drug-likeness (QED) is 0.101. The number of aliphatic imine (C=N–C) groups is 1. The molecular formula is C41H44N4O3. The molecule has 0 spiro atoms. The number of hydrogen-bond donors (Lipinski definition) is 2. The van der Waals surface area contributed by atoms with Gasteiger partial charge in [-0.25, -0.2) is 0 Å². The first-order valence-electron chi connectivity index (χ1n) is 16.8. The van der Waals surface area contributed by atoms with Gasteiger partial charge in [-0.3, -0.25) is 9.79 Å². The molecule has 6 rings (SSSR count). The van der Waals surface area contributed by atoms with Crippen LogP contribution < -0.4 is 20.9 Å². The molecule has 0 bridgehead atoms. The van der Waals surface area contributed by atoms with Crippen molar-refractivity contribution in [2.45, 2.75) is 45.4 Å². The highest BCUT2D eigenvalue weighted by atomic mass is 16.5. The third-order valence-electron chi connectivity index (χ3n) is 9.07. The van der Waals surface area contributed by atoms with Crippen LogP contribution in [0.25, 0.3) is 10.8 Å². The van der Waals surface area contributed by atoms with Gasteiger partial charge < -0.3 is 25.8 Å². The van der Waals surface area contributed by atoms with Crippen LogP contribution in [0.2, 0.25) is 0 Å². The molecule has 2 unspecified atom stereocenters. The van der Waals surface area contributed by atoms with Crippen LogP contribution in [0.1, 0.15) is 52.7 Å². The van der Waals surface area contributed by atoms with Crippen LogP contribution in [0.5, 0.6) is 11.5 Å². The lowest BCUT2D eigenvalue weighted by molar-refractivity contribution is 0.0688. The molecule has 5 aromatic carbocycles. The Morgan fingerprint density at radius 3 is 2.08 bits per heavy atom. The lowest BCUT2D eigenvalue weighted by Crippen LogP contribution is -2.37. The van der Waals surface area contributed by atoms with Crippen LogP contribution in [-0.2, 0) is 19.8 Å². The summed E-state index contributed by atoms with van der Waals surface area (Å²) < 4.78 is 12.7. The molecule has 7 nitrogen and oxygen atoms in total. The maximum Gasteiger partial charge on any atom is 0.254 e. The number of guanidine groups is 1. The summed E-state index contributed by atoms with van der Waals surface area (Å²) in [6.07, 6.45) is 4.23. The van der Waals surface area contributed by atoms with Crippen molar-refractivity contribution in [1.82, 2.24) is 4.90 Å². The minimum Gasteiger partial charge on any atom is -0.485 e. The van der Waals surface area contributed by atoms with E-state index < -0.39 is 0 Å². The van der Waals surface area contributed by atoms with E-state index in [1.165, 1.54) is 0 Å². The zero-order chi connectivity index (χ0) is 33.1. The van der Waals surface area contributed by atoms with Crippen LogP contribution >= 0.6 is 0 Å². The molecule has 0 saturated heterocycles. The Kier molecular flexibility index (Phi) is 10.9. The normalized spacial score (nSPS) is 15.8. The predicted octanol–water partition coefficient (Wildman–Crippen LogP) is 7.72. The van der Waals surface area contributed by atoms with Gasteiger partial charge >= 0.3 is 0 Å². The van der Waals surface area contributed by atoms with E-state index in [2.05, 4.69) is 17.1 Å². The summed E-state index contributed by atoms with van der Waals surface area (Å²) in [6.45, 7) is 2.55. The van der Waals surface area contributed by atoms with Crippen molar-refractivity contribution in [2.75, 3.05) is 13.1 Å². The van der Waals surface area contributed by atoms with Crippen LogP contribution in [0, 0.1) is 11.8 Å². The van der Waals surface area contributed by atoms with Crippen LogP contribution in [-0.4, -0.2) is 29.9 Å². The van der Waals surface area contributed by atoms with Crippen molar-refractivity contribution in [1.29, 1.82) is 0 Å². The first kappa shape index (κ1) is 32.6. The van der Waals surface area contributed by atoms with E-state index in [0.29, 0.717) is 61.7 Å². The lowest BCUT2D eigenvalue weighted by atomic mass is 9.81. The summed E-state index contributed by atoms with van der Waals surface area (Å²) in [6, 6.07) is 40.3. The predicted molar refractivity (Wildman–Crippen MR) is 193 cm³/mol. The first-order valence-corrected chi connectivity index (χ1v) is 16.8. The molecule has 2 atom stereocenters. The summed E-state index contributed by atoms with van der Waals surface area (Å²) in [5.74, 6) is 2.22. The largest absolute Gasteiger partial charge is 0.485 e. The van der Waals surface area contributed by atoms with E-state index >= 15 is 0 Å². The molecule has 7 heteroatoms. The SMILES string of the molecule is NC(N)=NCC1CCCC(CN(Cc2ccc(OCc3ccccc3)c(OCc3ccccc3)c2)C(=O)c2cccc3ccccc23)C1. The Hall–Kier alpha value is -5.30. The van der Waals surface area contributed by atoms with Gasteiger partial charge in [0.25, 0.3) is 5.91 Å². The van der Waals surface area contributed by atoms with E-state index in [0.717, 1.165) is 53.1 Å². The number of fused-ring (bicyclic) bond motifs is 1. The molecule has 0 heterocycles. The van der Waals surface area contributed by atoms with Crippen LogP contribution in [0.4, 0.5) is 0 Å². The van der Waals surface area contributed by atoms with Crippen molar-refractivity contribution in [3.8, 4) is 11.5 Å². The average molecular weight is 641 g/mol. The number of amides is 1. The number of nitrogens with two attached hydrogens (primary N) is 2. The van der Waals surface area contributed by atoms with Gasteiger partial charge in [0.15, 0.2) is 17.5 Å². The Labute approximate surface area is 283 Å². The second-order valence-electron chi connectivity index (χ2n) is 12.7. The third kappa shape index (κ3) is 8.73. The van der Waals surface area contributed by atoms with Gasteiger partial charge in [0.05, 0.1) is 0 Å². The molecule has 5 aromatic rings. The fourth-order valence-corrected chi connectivity index (χ4v) is 6.66. The zero-order valence-electron chi connectivity index (χ0n) is 27.3. The highest BCUT2D eigenvalue weighted by molar-refractivity contribution is 6.07. The summed E-state index contributed by atoms with van der Waals surface area (Å²) in [5, 5.41) is 2.01. The number of benzene rings is 5. The van der Waals surface area contributed by atoms with Crippen molar-refractivity contribution in [3.05, 3.63) is 144 Å².